The number of nitrogens with one attached hydrogen (secondary N) is 1. The first kappa shape index (κ1) is 13.6. The van der Waals surface area contributed by atoms with E-state index in [1.807, 2.05) is 6.92 Å². The summed E-state index contributed by atoms with van der Waals surface area (Å²) in [6, 6.07) is 4.32. The third kappa shape index (κ3) is 3.35. The Morgan fingerprint density at radius 3 is 2.84 bits per heavy atom. The van der Waals surface area contributed by atoms with Crippen LogP contribution in [0.15, 0.2) is 35.1 Å². The van der Waals surface area contributed by atoms with Crippen LogP contribution < -0.4 is 5.32 Å². The third-order valence-corrected chi connectivity index (χ3v) is 3.27. The standard InChI is InChI=1S/C13H11BrFN3O/c1-8-5-17-9(6-16-8)7-18-13(19)10-3-2-4-11(15)12(10)14/h2-6H,7H2,1H3,(H,18,19). The summed E-state index contributed by atoms with van der Waals surface area (Å²) in [5.74, 6) is -0.837. The van der Waals surface area contributed by atoms with E-state index in [0.29, 0.717) is 5.69 Å². The second-order valence-corrected chi connectivity index (χ2v) is 4.73. The highest BCUT2D eigenvalue weighted by molar-refractivity contribution is 9.10. The lowest BCUT2D eigenvalue weighted by Gasteiger charge is -2.07. The molecule has 1 N–H and O–H groups in total. The van der Waals surface area contributed by atoms with Crippen LogP contribution in [-0.4, -0.2) is 15.9 Å². The fourth-order valence-corrected chi connectivity index (χ4v) is 1.90. The molecule has 0 aliphatic carbocycles. The van der Waals surface area contributed by atoms with Crippen molar-refractivity contribution in [2.75, 3.05) is 0 Å². The summed E-state index contributed by atoms with van der Waals surface area (Å²) in [5, 5.41) is 2.66. The van der Waals surface area contributed by atoms with Gasteiger partial charge in [0.2, 0.25) is 0 Å². The van der Waals surface area contributed by atoms with Gasteiger partial charge >= 0.3 is 0 Å². The number of benzene rings is 1. The van der Waals surface area contributed by atoms with Crippen LogP contribution in [0.2, 0.25) is 0 Å². The van der Waals surface area contributed by atoms with E-state index in [2.05, 4.69) is 31.2 Å². The Morgan fingerprint density at radius 2 is 2.16 bits per heavy atom. The Morgan fingerprint density at radius 1 is 1.37 bits per heavy atom. The zero-order chi connectivity index (χ0) is 13.8. The maximum Gasteiger partial charge on any atom is 0.252 e. The number of hydrogen-bond donors (Lipinski definition) is 1. The van der Waals surface area contributed by atoms with Crippen molar-refractivity contribution >= 4 is 21.8 Å². The molecule has 19 heavy (non-hydrogen) atoms. The molecule has 0 saturated carbocycles. The molecule has 0 unspecified atom stereocenters. The number of aryl methyl sites for hydroxylation is 1. The molecule has 98 valence electrons. The summed E-state index contributed by atoms with van der Waals surface area (Å²) in [7, 11) is 0. The highest BCUT2D eigenvalue weighted by atomic mass is 79.9. The van der Waals surface area contributed by atoms with Gasteiger partial charge in [0.25, 0.3) is 5.91 Å². The quantitative estimate of drug-likeness (QED) is 0.944. The number of aromatic nitrogens is 2. The molecule has 2 rings (SSSR count). The maximum absolute atomic E-state index is 13.3. The van der Waals surface area contributed by atoms with E-state index >= 15 is 0 Å². The van der Waals surface area contributed by atoms with Gasteiger partial charge in [-0.25, -0.2) is 4.39 Å². The Bertz CT molecular complexity index is 601. The van der Waals surface area contributed by atoms with Gasteiger partial charge in [-0.2, -0.15) is 0 Å². The summed E-state index contributed by atoms with van der Waals surface area (Å²) in [6.07, 6.45) is 3.22. The van der Waals surface area contributed by atoms with Crippen molar-refractivity contribution in [3.8, 4) is 0 Å². The van der Waals surface area contributed by atoms with Crippen LogP contribution in [0.1, 0.15) is 21.7 Å². The molecule has 0 aliphatic rings. The van der Waals surface area contributed by atoms with Gasteiger partial charge < -0.3 is 5.32 Å². The van der Waals surface area contributed by atoms with Crippen molar-refractivity contribution in [2.45, 2.75) is 13.5 Å². The van der Waals surface area contributed by atoms with Gasteiger partial charge in [0.15, 0.2) is 0 Å². The van der Waals surface area contributed by atoms with Gasteiger partial charge in [-0.05, 0) is 35.0 Å². The summed E-state index contributed by atoms with van der Waals surface area (Å²) >= 11 is 3.05. The molecule has 0 saturated heterocycles. The maximum atomic E-state index is 13.3. The minimum absolute atomic E-state index is 0.155. The van der Waals surface area contributed by atoms with Gasteiger partial charge in [0.1, 0.15) is 5.82 Å². The van der Waals surface area contributed by atoms with E-state index in [1.165, 1.54) is 12.1 Å². The number of hydrogen-bond acceptors (Lipinski definition) is 3. The second-order valence-electron chi connectivity index (χ2n) is 3.93. The minimum Gasteiger partial charge on any atom is -0.346 e. The van der Waals surface area contributed by atoms with Crippen molar-refractivity contribution < 1.29 is 9.18 Å². The lowest BCUT2D eigenvalue weighted by molar-refractivity contribution is 0.0949. The predicted octanol–water partition coefficient (Wildman–Crippen LogP) is 2.62. The molecule has 1 aromatic heterocycles. The van der Waals surface area contributed by atoms with Crippen molar-refractivity contribution in [3.05, 3.63) is 57.8 Å². The van der Waals surface area contributed by atoms with Crippen molar-refractivity contribution in [2.24, 2.45) is 0 Å². The second kappa shape index (κ2) is 5.88. The van der Waals surface area contributed by atoms with Crippen LogP contribution >= 0.6 is 15.9 Å². The molecule has 0 aliphatic heterocycles. The topological polar surface area (TPSA) is 54.9 Å². The molecule has 1 amide bonds. The van der Waals surface area contributed by atoms with E-state index in [9.17, 15) is 9.18 Å². The van der Waals surface area contributed by atoms with Crippen molar-refractivity contribution in [1.82, 2.24) is 15.3 Å². The highest BCUT2D eigenvalue weighted by Gasteiger charge is 2.12. The number of nitrogens with zero attached hydrogens (tertiary/aromatic N) is 2. The molecule has 6 heteroatoms. The number of carbonyl (C=O) groups excluding carboxylic acids is 1. The van der Waals surface area contributed by atoms with E-state index in [4.69, 9.17) is 0 Å². The molecule has 1 aromatic carbocycles. The Balaban J connectivity index is 2.05. The molecule has 0 atom stereocenters. The summed E-state index contributed by atoms with van der Waals surface area (Å²) < 4.78 is 13.5. The molecule has 4 nitrogen and oxygen atoms in total. The van der Waals surface area contributed by atoms with Gasteiger partial charge in [0, 0.05) is 6.20 Å². The van der Waals surface area contributed by atoms with Crippen molar-refractivity contribution in [1.29, 1.82) is 0 Å². The van der Waals surface area contributed by atoms with Crippen molar-refractivity contribution in [3.63, 3.8) is 0 Å². The van der Waals surface area contributed by atoms with E-state index in [1.54, 1.807) is 18.5 Å². The fraction of sp³-hybridized carbons (Fsp3) is 0.154. The molecular weight excluding hydrogens is 313 g/mol. The number of rotatable bonds is 3. The third-order valence-electron chi connectivity index (χ3n) is 2.46. The lowest BCUT2D eigenvalue weighted by atomic mass is 10.2. The number of carbonyl (C=O) groups is 1. The highest BCUT2D eigenvalue weighted by Crippen LogP contribution is 2.20. The first-order valence-corrected chi connectivity index (χ1v) is 6.37. The molecule has 1 heterocycles. The average Bonchev–Trinajstić information content (AvgIpc) is 2.41. The molecule has 2 aromatic rings. The van der Waals surface area contributed by atoms with Crippen LogP contribution in [-0.2, 0) is 6.54 Å². The zero-order valence-corrected chi connectivity index (χ0v) is 11.7. The molecule has 0 bridgehead atoms. The Labute approximate surface area is 118 Å². The van der Waals surface area contributed by atoms with Crippen LogP contribution in [0.25, 0.3) is 0 Å². The number of amides is 1. The molecule has 0 spiro atoms. The van der Waals surface area contributed by atoms with E-state index in [-0.39, 0.29) is 22.5 Å². The number of halogens is 2. The SMILES string of the molecule is Cc1cnc(CNC(=O)c2cccc(F)c2Br)cn1. The monoisotopic (exact) mass is 323 g/mol. The van der Waals surface area contributed by atoms with Crippen LogP contribution in [0.5, 0.6) is 0 Å². The van der Waals surface area contributed by atoms with Crippen LogP contribution in [0.3, 0.4) is 0 Å². The molecule has 0 radical (unpaired) electrons. The van der Waals surface area contributed by atoms with Gasteiger partial charge in [0.05, 0.1) is 34.2 Å². The van der Waals surface area contributed by atoms with Gasteiger partial charge in [-0.15, -0.1) is 0 Å². The molecule has 0 fully saturated rings. The first-order valence-electron chi connectivity index (χ1n) is 5.57. The summed E-state index contributed by atoms with van der Waals surface area (Å²) in [6.45, 7) is 2.08. The Hall–Kier alpha value is -1.82. The predicted molar refractivity (Wildman–Crippen MR) is 72.0 cm³/mol. The first-order chi connectivity index (χ1) is 9.08. The minimum atomic E-state index is -0.470. The van der Waals surface area contributed by atoms with Gasteiger partial charge in [-0.1, -0.05) is 6.07 Å². The van der Waals surface area contributed by atoms with Crippen LogP contribution in [0, 0.1) is 12.7 Å². The summed E-state index contributed by atoms with van der Waals surface area (Å²) in [5.41, 5.74) is 1.70. The zero-order valence-electron chi connectivity index (χ0n) is 10.2. The van der Waals surface area contributed by atoms with Gasteiger partial charge in [-0.3, -0.25) is 14.8 Å². The summed E-state index contributed by atoms with van der Waals surface area (Å²) in [4.78, 5) is 20.1. The Kier molecular flexibility index (Phi) is 4.21. The lowest BCUT2D eigenvalue weighted by Crippen LogP contribution is -2.24. The van der Waals surface area contributed by atoms with E-state index in [0.717, 1.165) is 5.69 Å². The average molecular weight is 324 g/mol. The molecular formula is C13H11BrFN3O. The smallest absolute Gasteiger partial charge is 0.252 e. The normalized spacial score (nSPS) is 10.3. The van der Waals surface area contributed by atoms with Crippen LogP contribution in [0.4, 0.5) is 4.39 Å². The largest absolute Gasteiger partial charge is 0.346 e. The van der Waals surface area contributed by atoms with E-state index < -0.39 is 5.82 Å². The fourth-order valence-electron chi connectivity index (χ4n) is 1.46.